The zero-order valence-corrected chi connectivity index (χ0v) is 8.08. The molecule has 3 nitrogen and oxygen atoms in total. The van der Waals surface area contributed by atoms with Gasteiger partial charge in [0.15, 0.2) is 0 Å². The van der Waals surface area contributed by atoms with Crippen molar-refractivity contribution in [1.82, 2.24) is 0 Å². The van der Waals surface area contributed by atoms with E-state index in [4.69, 9.17) is 15.6 Å². The Kier molecular flexibility index (Phi) is 3.99. The summed E-state index contributed by atoms with van der Waals surface area (Å²) in [7, 11) is 1.58. The zero-order valence-electron chi connectivity index (χ0n) is 8.08. The molecule has 0 amide bonds. The fourth-order valence-corrected chi connectivity index (χ4v) is 1.10. The summed E-state index contributed by atoms with van der Waals surface area (Å²) in [6, 6.07) is 5.38. The molecule has 0 spiro atoms. The Morgan fingerprint density at radius 3 is 2.86 bits per heavy atom. The molecule has 1 aromatic rings. The predicted octanol–water partition coefficient (Wildman–Crippen LogP) is 0.498. The van der Waals surface area contributed by atoms with Gasteiger partial charge in [-0.25, -0.2) is 0 Å². The van der Waals surface area contributed by atoms with Crippen LogP contribution in [0.5, 0.6) is 5.75 Å². The Bertz CT molecular complexity index is 363. The number of aliphatic hydroxyl groups is 1. The summed E-state index contributed by atoms with van der Waals surface area (Å²) >= 11 is 0. The maximum absolute atomic E-state index is 8.94. The normalized spacial score (nSPS) is 9.07. The van der Waals surface area contributed by atoms with Gasteiger partial charge < -0.3 is 15.6 Å². The molecular weight excluding hydrogens is 178 g/mol. The summed E-state index contributed by atoms with van der Waals surface area (Å²) in [6.45, 7) is 0.313. The summed E-state index contributed by atoms with van der Waals surface area (Å²) in [6.07, 6.45) is 0. The van der Waals surface area contributed by atoms with Crippen molar-refractivity contribution >= 4 is 0 Å². The molecule has 0 unspecified atom stereocenters. The molecule has 0 aliphatic rings. The van der Waals surface area contributed by atoms with Gasteiger partial charge in [-0.1, -0.05) is 17.9 Å². The van der Waals surface area contributed by atoms with Crippen LogP contribution in [0.1, 0.15) is 11.1 Å². The van der Waals surface area contributed by atoms with Gasteiger partial charge in [-0.3, -0.25) is 0 Å². The number of ether oxygens (including phenoxy) is 1. The fourth-order valence-electron chi connectivity index (χ4n) is 1.10. The van der Waals surface area contributed by atoms with E-state index in [0.29, 0.717) is 12.3 Å². The van der Waals surface area contributed by atoms with Crippen molar-refractivity contribution in [3.05, 3.63) is 29.3 Å². The molecule has 0 aliphatic heterocycles. The van der Waals surface area contributed by atoms with Gasteiger partial charge in [-0.2, -0.15) is 0 Å². The van der Waals surface area contributed by atoms with Crippen LogP contribution >= 0.6 is 0 Å². The van der Waals surface area contributed by atoms with Crippen LogP contribution in [0, 0.1) is 11.8 Å². The summed E-state index contributed by atoms with van der Waals surface area (Å²) in [5.74, 6) is 6.33. The number of benzene rings is 1. The molecular formula is C11H13NO2. The second-order valence-electron chi connectivity index (χ2n) is 2.70. The Labute approximate surface area is 83.5 Å². The molecule has 0 aromatic heterocycles. The van der Waals surface area contributed by atoms with Gasteiger partial charge >= 0.3 is 0 Å². The first kappa shape index (κ1) is 10.6. The van der Waals surface area contributed by atoms with Crippen molar-refractivity contribution in [3.8, 4) is 17.6 Å². The number of hydrogen-bond acceptors (Lipinski definition) is 3. The molecule has 0 heterocycles. The highest BCUT2D eigenvalue weighted by atomic mass is 16.5. The minimum atomic E-state index is 0.00129. The van der Waals surface area contributed by atoms with E-state index in [1.54, 1.807) is 25.3 Å². The Hall–Kier alpha value is -1.50. The highest BCUT2D eigenvalue weighted by Gasteiger charge is 2.00. The molecule has 0 radical (unpaired) electrons. The second-order valence-corrected chi connectivity index (χ2v) is 2.70. The first-order chi connectivity index (χ1) is 6.81. The van der Waals surface area contributed by atoms with E-state index in [1.165, 1.54) is 0 Å². The second kappa shape index (κ2) is 5.28. The van der Waals surface area contributed by atoms with Crippen LogP contribution in [0.4, 0.5) is 0 Å². The average Bonchev–Trinajstić information content (AvgIpc) is 2.25. The smallest absolute Gasteiger partial charge is 0.134 e. The largest absolute Gasteiger partial charge is 0.495 e. The quantitative estimate of drug-likeness (QED) is 0.669. The molecule has 3 N–H and O–H groups in total. The molecule has 0 fully saturated rings. The Morgan fingerprint density at radius 2 is 2.29 bits per heavy atom. The van der Waals surface area contributed by atoms with Gasteiger partial charge in [0.25, 0.3) is 0 Å². The third-order valence-corrected chi connectivity index (χ3v) is 1.77. The minimum absolute atomic E-state index is 0.00129. The summed E-state index contributed by atoms with van der Waals surface area (Å²) in [5, 5.41) is 8.94. The SMILES string of the molecule is COc1ccc(CO)cc1C#CCN. The van der Waals surface area contributed by atoms with Crippen LogP contribution < -0.4 is 10.5 Å². The van der Waals surface area contributed by atoms with Crippen LogP contribution in [0.15, 0.2) is 18.2 Å². The van der Waals surface area contributed by atoms with Crippen molar-refractivity contribution in [2.24, 2.45) is 5.73 Å². The molecule has 1 aromatic carbocycles. The summed E-state index contributed by atoms with van der Waals surface area (Å²) in [5.41, 5.74) is 6.84. The van der Waals surface area contributed by atoms with Crippen molar-refractivity contribution in [2.75, 3.05) is 13.7 Å². The highest BCUT2D eigenvalue weighted by Crippen LogP contribution is 2.18. The number of nitrogens with two attached hydrogens (primary N) is 1. The van der Waals surface area contributed by atoms with E-state index in [0.717, 1.165) is 11.1 Å². The molecule has 0 saturated heterocycles. The lowest BCUT2D eigenvalue weighted by molar-refractivity contribution is 0.281. The summed E-state index contributed by atoms with van der Waals surface area (Å²) in [4.78, 5) is 0. The number of rotatable bonds is 2. The first-order valence-electron chi connectivity index (χ1n) is 4.28. The lowest BCUT2D eigenvalue weighted by atomic mass is 10.1. The number of methoxy groups -OCH3 is 1. The lowest BCUT2D eigenvalue weighted by Crippen LogP contribution is -1.95. The lowest BCUT2D eigenvalue weighted by Gasteiger charge is -2.04. The molecule has 14 heavy (non-hydrogen) atoms. The summed E-state index contributed by atoms with van der Waals surface area (Å²) < 4.78 is 5.12. The number of hydrogen-bond donors (Lipinski definition) is 2. The predicted molar refractivity (Wildman–Crippen MR) is 54.8 cm³/mol. The third-order valence-electron chi connectivity index (χ3n) is 1.77. The van der Waals surface area contributed by atoms with E-state index >= 15 is 0 Å². The van der Waals surface area contributed by atoms with E-state index in [2.05, 4.69) is 11.8 Å². The van der Waals surface area contributed by atoms with E-state index in [1.807, 2.05) is 0 Å². The molecule has 0 saturated carbocycles. The number of aliphatic hydroxyl groups excluding tert-OH is 1. The maximum Gasteiger partial charge on any atom is 0.134 e. The van der Waals surface area contributed by atoms with Crippen LogP contribution in [-0.2, 0) is 6.61 Å². The monoisotopic (exact) mass is 191 g/mol. The standard InChI is InChI=1S/C11H13NO2/c1-14-11-5-4-9(8-13)7-10(11)3-2-6-12/h4-5,7,13H,6,8,12H2,1H3. The Balaban J connectivity index is 3.08. The highest BCUT2D eigenvalue weighted by molar-refractivity contribution is 5.48. The van der Waals surface area contributed by atoms with Gasteiger partial charge in [0, 0.05) is 0 Å². The maximum atomic E-state index is 8.94. The van der Waals surface area contributed by atoms with Crippen molar-refractivity contribution in [1.29, 1.82) is 0 Å². The van der Waals surface area contributed by atoms with Gasteiger partial charge in [0.05, 0.1) is 25.8 Å². The van der Waals surface area contributed by atoms with E-state index in [-0.39, 0.29) is 6.61 Å². The minimum Gasteiger partial charge on any atom is -0.495 e. The fraction of sp³-hybridized carbons (Fsp3) is 0.273. The van der Waals surface area contributed by atoms with Gasteiger partial charge in [-0.05, 0) is 17.7 Å². The Morgan fingerprint density at radius 1 is 1.50 bits per heavy atom. The molecule has 0 atom stereocenters. The van der Waals surface area contributed by atoms with Gasteiger partial charge in [0.2, 0.25) is 0 Å². The molecule has 0 bridgehead atoms. The molecule has 1 rings (SSSR count). The van der Waals surface area contributed by atoms with Crippen LogP contribution in [-0.4, -0.2) is 18.8 Å². The van der Waals surface area contributed by atoms with Crippen molar-refractivity contribution in [2.45, 2.75) is 6.61 Å². The first-order valence-corrected chi connectivity index (χ1v) is 4.28. The third kappa shape index (κ3) is 2.49. The molecule has 74 valence electrons. The topological polar surface area (TPSA) is 55.5 Å². The van der Waals surface area contributed by atoms with E-state index in [9.17, 15) is 0 Å². The van der Waals surface area contributed by atoms with E-state index < -0.39 is 0 Å². The van der Waals surface area contributed by atoms with Gasteiger partial charge in [-0.15, -0.1) is 0 Å². The average molecular weight is 191 g/mol. The van der Waals surface area contributed by atoms with Gasteiger partial charge in [0.1, 0.15) is 5.75 Å². The molecule has 3 heteroatoms. The van der Waals surface area contributed by atoms with Crippen LogP contribution in [0.2, 0.25) is 0 Å². The van der Waals surface area contributed by atoms with Crippen LogP contribution in [0.3, 0.4) is 0 Å². The zero-order chi connectivity index (χ0) is 10.4. The van der Waals surface area contributed by atoms with Crippen molar-refractivity contribution in [3.63, 3.8) is 0 Å². The molecule has 0 aliphatic carbocycles. The van der Waals surface area contributed by atoms with Crippen molar-refractivity contribution < 1.29 is 9.84 Å². The van der Waals surface area contributed by atoms with Crippen LogP contribution in [0.25, 0.3) is 0 Å².